The molecule has 0 bridgehead atoms. The number of hydrogen-bond acceptors (Lipinski definition) is 5. The van der Waals surface area contributed by atoms with Gasteiger partial charge in [-0.2, -0.15) is 0 Å². The van der Waals surface area contributed by atoms with E-state index in [1.54, 1.807) is 6.20 Å². The lowest BCUT2D eigenvalue weighted by Crippen LogP contribution is -2.47. The van der Waals surface area contributed by atoms with Gasteiger partial charge in [0.25, 0.3) is 5.91 Å². The molecule has 4 rings (SSSR count). The maximum absolute atomic E-state index is 13.0. The Morgan fingerprint density at radius 3 is 2.45 bits per heavy atom. The number of benzene rings is 1. The summed E-state index contributed by atoms with van der Waals surface area (Å²) >= 11 is 0. The summed E-state index contributed by atoms with van der Waals surface area (Å²) in [6, 6.07) is 14.6. The second-order valence-electron chi connectivity index (χ2n) is 8.17. The number of likely N-dealkylation sites (N-methyl/N-ethyl adjacent to an activating group) is 1. The van der Waals surface area contributed by atoms with E-state index >= 15 is 0 Å². The van der Waals surface area contributed by atoms with E-state index in [9.17, 15) is 4.79 Å². The Bertz CT molecular complexity index is 796. The summed E-state index contributed by atoms with van der Waals surface area (Å²) in [6.07, 6.45) is 3.76. The lowest BCUT2D eigenvalue weighted by molar-refractivity contribution is 0.0909. The molecule has 0 saturated carbocycles. The first-order chi connectivity index (χ1) is 14.2. The predicted octanol–water partition coefficient (Wildman–Crippen LogP) is 2.23. The van der Waals surface area contributed by atoms with Crippen molar-refractivity contribution in [3.63, 3.8) is 0 Å². The number of anilines is 1. The minimum absolute atomic E-state index is 0.00791. The van der Waals surface area contributed by atoms with Crippen LogP contribution in [0, 0.1) is 0 Å². The monoisotopic (exact) mass is 393 g/mol. The zero-order valence-corrected chi connectivity index (χ0v) is 17.3. The third-order valence-corrected chi connectivity index (χ3v) is 6.01. The van der Waals surface area contributed by atoms with Gasteiger partial charge in [0.1, 0.15) is 5.82 Å². The van der Waals surface area contributed by atoms with Crippen LogP contribution in [0.2, 0.25) is 0 Å². The molecule has 3 heterocycles. The number of nitrogens with zero attached hydrogens (tertiary/aromatic N) is 4. The summed E-state index contributed by atoms with van der Waals surface area (Å²) in [5, 5.41) is 3.27. The number of carbonyl (C=O) groups is 1. The van der Waals surface area contributed by atoms with E-state index in [4.69, 9.17) is 0 Å². The molecular formula is C23H31N5O. The maximum Gasteiger partial charge on any atom is 0.255 e. The van der Waals surface area contributed by atoms with Crippen LogP contribution in [0.3, 0.4) is 0 Å². The maximum atomic E-state index is 13.0. The van der Waals surface area contributed by atoms with Crippen LogP contribution in [-0.4, -0.2) is 73.0 Å². The molecule has 0 spiro atoms. The largest absolute Gasteiger partial charge is 0.353 e. The van der Waals surface area contributed by atoms with Crippen molar-refractivity contribution in [3.8, 4) is 0 Å². The van der Waals surface area contributed by atoms with Crippen LogP contribution >= 0.6 is 0 Å². The minimum Gasteiger partial charge on any atom is -0.353 e. The van der Waals surface area contributed by atoms with Crippen molar-refractivity contribution in [3.05, 3.63) is 59.8 Å². The van der Waals surface area contributed by atoms with Gasteiger partial charge < -0.3 is 15.1 Å². The quantitative estimate of drug-likeness (QED) is 0.844. The van der Waals surface area contributed by atoms with Crippen molar-refractivity contribution in [2.75, 3.05) is 51.2 Å². The highest BCUT2D eigenvalue weighted by atomic mass is 16.1. The van der Waals surface area contributed by atoms with Gasteiger partial charge in [-0.05, 0) is 37.6 Å². The summed E-state index contributed by atoms with van der Waals surface area (Å²) in [6.45, 7) is 6.82. The van der Waals surface area contributed by atoms with Gasteiger partial charge in [-0.3, -0.25) is 9.69 Å². The molecule has 0 radical (unpaired) electrons. The molecule has 2 aliphatic heterocycles. The molecule has 29 heavy (non-hydrogen) atoms. The first-order valence-electron chi connectivity index (χ1n) is 10.6. The number of piperazine rings is 1. The number of nitrogens with one attached hydrogen (secondary N) is 1. The summed E-state index contributed by atoms with van der Waals surface area (Å²) in [5.41, 5.74) is 2.05. The second-order valence-corrected chi connectivity index (χ2v) is 8.17. The smallest absolute Gasteiger partial charge is 0.255 e. The van der Waals surface area contributed by atoms with Gasteiger partial charge in [0, 0.05) is 58.1 Å². The van der Waals surface area contributed by atoms with Gasteiger partial charge in [-0.15, -0.1) is 0 Å². The van der Waals surface area contributed by atoms with E-state index < -0.39 is 0 Å². The molecule has 1 aromatic heterocycles. The van der Waals surface area contributed by atoms with Gasteiger partial charge >= 0.3 is 0 Å². The van der Waals surface area contributed by atoms with Crippen molar-refractivity contribution in [1.29, 1.82) is 0 Å². The summed E-state index contributed by atoms with van der Waals surface area (Å²) in [7, 11) is 2.13. The number of rotatable bonds is 5. The number of likely N-dealkylation sites (tertiary alicyclic amines) is 1. The number of pyridine rings is 1. The molecule has 0 aliphatic carbocycles. The van der Waals surface area contributed by atoms with Crippen LogP contribution in [0.15, 0.2) is 48.7 Å². The SMILES string of the molecule is CN1CCN(c2ncccc2C(=O)NC2CCN(Cc3ccccc3)CC2)CC1. The molecule has 1 aromatic carbocycles. The Morgan fingerprint density at radius 2 is 1.72 bits per heavy atom. The van der Waals surface area contributed by atoms with Gasteiger partial charge in [0.15, 0.2) is 0 Å². The zero-order valence-electron chi connectivity index (χ0n) is 17.3. The highest BCUT2D eigenvalue weighted by Gasteiger charge is 2.25. The molecule has 1 amide bonds. The van der Waals surface area contributed by atoms with Gasteiger partial charge in [-0.25, -0.2) is 4.98 Å². The highest BCUT2D eigenvalue weighted by Crippen LogP contribution is 2.20. The fourth-order valence-corrected chi connectivity index (χ4v) is 4.18. The van der Waals surface area contributed by atoms with E-state index in [2.05, 4.69) is 62.4 Å². The van der Waals surface area contributed by atoms with Crippen LogP contribution in [-0.2, 0) is 6.54 Å². The van der Waals surface area contributed by atoms with E-state index in [-0.39, 0.29) is 11.9 Å². The molecular weight excluding hydrogens is 362 g/mol. The number of piperidine rings is 1. The van der Waals surface area contributed by atoms with Gasteiger partial charge in [0.2, 0.25) is 0 Å². The van der Waals surface area contributed by atoms with Crippen molar-refractivity contribution < 1.29 is 4.79 Å². The standard InChI is InChI=1S/C23H31N5O/c1-26-14-16-28(17-15-26)22-21(8-5-11-24-22)23(29)25-20-9-12-27(13-10-20)18-19-6-3-2-4-7-19/h2-8,11,20H,9-10,12-18H2,1H3,(H,25,29). The Morgan fingerprint density at radius 1 is 1.00 bits per heavy atom. The third kappa shape index (κ3) is 5.14. The van der Waals surface area contributed by atoms with Gasteiger partial charge in [-0.1, -0.05) is 30.3 Å². The van der Waals surface area contributed by atoms with Crippen LogP contribution in [0.4, 0.5) is 5.82 Å². The summed E-state index contributed by atoms with van der Waals surface area (Å²) in [4.78, 5) is 24.6. The van der Waals surface area contributed by atoms with Crippen LogP contribution in [0.5, 0.6) is 0 Å². The molecule has 6 nitrogen and oxygen atoms in total. The molecule has 0 unspecified atom stereocenters. The molecule has 2 saturated heterocycles. The third-order valence-electron chi connectivity index (χ3n) is 6.01. The highest BCUT2D eigenvalue weighted by molar-refractivity contribution is 5.99. The number of amides is 1. The molecule has 2 aromatic rings. The molecule has 1 N–H and O–H groups in total. The molecule has 6 heteroatoms. The molecule has 0 atom stereocenters. The molecule has 154 valence electrons. The average molecular weight is 394 g/mol. The fourth-order valence-electron chi connectivity index (χ4n) is 4.18. The van der Waals surface area contributed by atoms with Crippen molar-refractivity contribution >= 4 is 11.7 Å². The lowest BCUT2D eigenvalue weighted by atomic mass is 10.0. The summed E-state index contributed by atoms with van der Waals surface area (Å²) in [5.74, 6) is 0.827. The average Bonchev–Trinajstić information content (AvgIpc) is 2.76. The number of carbonyl (C=O) groups excluding carboxylic acids is 1. The minimum atomic E-state index is 0.00791. The first-order valence-corrected chi connectivity index (χ1v) is 10.6. The molecule has 2 aliphatic rings. The second kappa shape index (κ2) is 9.37. The normalized spacial score (nSPS) is 19.3. The van der Waals surface area contributed by atoms with E-state index in [0.717, 1.165) is 64.5 Å². The Balaban J connectivity index is 1.32. The van der Waals surface area contributed by atoms with Crippen molar-refractivity contribution in [2.24, 2.45) is 0 Å². The van der Waals surface area contributed by atoms with Crippen molar-refractivity contribution in [2.45, 2.75) is 25.4 Å². The Kier molecular flexibility index (Phi) is 6.42. The van der Waals surface area contributed by atoms with Gasteiger partial charge in [0.05, 0.1) is 5.56 Å². The van der Waals surface area contributed by atoms with Crippen LogP contribution < -0.4 is 10.2 Å². The van der Waals surface area contributed by atoms with E-state index in [0.29, 0.717) is 5.56 Å². The first kappa shape index (κ1) is 19.9. The van der Waals surface area contributed by atoms with Crippen molar-refractivity contribution in [1.82, 2.24) is 20.1 Å². The summed E-state index contributed by atoms with van der Waals surface area (Å²) < 4.78 is 0. The predicted molar refractivity (Wildman–Crippen MR) is 116 cm³/mol. The number of hydrogen-bond donors (Lipinski definition) is 1. The van der Waals surface area contributed by atoms with Crippen LogP contribution in [0.1, 0.15) is 28.8 Å². The fraction of sp³-hybridized carbons (Fsp3) is 0.478. The zero-order chi connectivity index (χ0) is 20.1. The topological polar surface area (TPSA) is 51.7 Å². The Labute approximate surface area is 173 Å². The number of aromatic nitrogens is 1. The molecule has 2 fully saturated rings. The van der Waals surface area contributed by atoms with Crippen LogP contribution in [0.25, 0.3) is 0 Å². The lowest BCUT2D eigenvalue weighted by Gasteiger charge is -2.34. The van der Waals surface area contributed by atoms with E-state index in [1.807, 2.05) is 12.1 Å². The Hall–Kier alpha value is -2.44. The van der Waals surface area contributed by atoms with E-state index in [1.165, 1.54) is 5.56 Å².